The molecule has 0 saturated carbocycles. The highest BCUT2D eigenvalue weighted by molar-refractivity contribution is 6.19. The van der Waals surface area contributed by atoms with Gasteiger partial charge in [-0.15, -0.1) is 0 Å². The lowest BCUT2D eigenvalue weighted by molar-refractivity contribution is 0.672. The van der Waals surface area contributed by atoms with E-state index >= 15 is 0 Å². The molecule has 1 aliphatic carbocycles. The average molecular weight is 564 g/mol. The fraction of sp³-hybridized carbons (Fsp3) is 0.0476. The van der Waals surface area contributed by atoms with Gasteiger partial charge in [0, 0.05) is 32.8 Å². The molecule has 7 aromatic carbocycles. The van der Waals surface area contributed by atoms with Crippen molar-refractivity contribution in [3.8, 4) is 11.1 Å². The Hall–Kier alpha value is -5.60. The third-order valence-corrected chi connectivity index (χ3v) is 9.08. The van der Waals surface area contributed by atoms with Crippen LogP contribution in [0.1, 0.15) is 12.8 Å². The van der Waals surface area contributed by atoms with Gasteiger partial charge in [0.05, 0.1) is 5.69 Å². The molecule has 44 heavy (non-hydrogen) atoms. The van der Waals surface area contributed by atoms with Crippen molar-refractivity contribution in [2.24, 2.45) is 0 Å². The topological polar surface area (TPSA) is 16.4 Å². The standard InChI is InChI=1S/C42H29NO/c1-2-10-28(11-3-1)31-20-21-33-27-34(24-22-32(33)26-31)43(38-17-8-13-29-12-4-5-15-35(29)38)39-18-9-14-30-23-25-37-36-16-6-7-19-40(36)44-42(37)41(30)39/h1-7,9-16,18-27H,8,17H2. The van der Waals surface area contributed by atoms with Crippen LogP contribution in [0.2, 0.25) is 0 Å². The maximum absolute atomic E-state index is 6.63. The number of para-hydroxylation sites is 1. The van der Waals surface area contributed by atoms with Crippen LogP contribution in [0.5, 0.6) is 0 Å². The van der Waals surface area contributed by atoms with E-state index < -0.39 is 0 Å². The molecule has 0 spiro atoms. The molecule has 0 fully saturated rings. The fourth-order valence-electron chi connectivity index (χ4n) is 7.01. The average Bonchev–Trinajstić information content (AvgIpc) is 3.48. The molecule has 0 atom stereocenters. The summed E-state index contributed by atoms with van der Waals surface area (Å²) in [5.74, 6) is 0. The Balaban J connectivity index is 1.33. The zero-order valence-corrected chi connectivity index (χ0v) is 24.2. The van der Waals surface area contributed by atoms with Gasteiger partial charge in [-0.05, 0) is 81.7 Å². The van der Waals surface area contributed by atoms with Gasteiger partial charge in [-0.25, -0.2) is 0 Å². The second-order valence-corrected chi connectivity index (χ2v) is 11.6. The largest absolute Gasteiger partial charge is 0.455 e. The number of fused-ring (bicyclic) bond motifs is 7. The van der Waals surface area contributed by atoms with E-state index in [-0.39, 0.29) is 0 Å². The summed E-state index contributed by atoms with van der Waals surface area (Å²) < 4.78 is 6.63. The summed E-state index contributed by atoms with van der Waals surface area (Å²) in [5, 5.41) is 9.63. The number of hydrogen-bond acceptors (Lipinski definition) is 2. The second-order valence-electron chi connectivity index (χ2n) is 11.6. The highest BCUT2D eigenvalue weighted by atomic mass is 16.3. The lowest BCUT2D eigenvalue weighted by Gasteiger charge is -2.31. The van der Waals surface area contributed by atoms with Gasteiger partial charge in [-0.1, -0.05) is 115 Å². The molecule has 0 radical (unpaired) electrons. The minimum atomic E-state index is 0.918. The second kappa shape index (κ2) is 10.00. The van der Waals surface area contributed by atoms with Crippen molar-refractivity contribution in [3.63, 3.8) is 0 Å². The Morgan fingerprint density at radius 1 is 0.545 bits per heavy atom. The highest BCUT2D eigenvalue weighted by Crippen LogP contribution is 2.43. The van der Waals surface area contributed by atoms with Crippen LogP contribution in [-0.2, 0) is 0 Å². The summed E-state index contributed by atoms with van der Waals surface area (Å²) in [6.45, 7) is 0. The van der Waals surface area contributed by atoms with Gasteiger partial charge in [0.25, 0.3) is 0 Å². The zero-order chi connectivity index (χ0) is 29.0. The molecule has 1 heterocycles. The molecule has 0 amide bonds. The smallest absolute Gasteiger partial charge is 0.145 e. The van der Waals surface area contributed by atoms with Crippen molar-refractivity contribution in [2.45, 2.75) is 12.8 Å². The van der Waals surface area contributed by atoms with Crippen LogP contribution < -0.4 is 15.3 Å². The molecule has 2 heteroatoms. The maximum Gasteiger partial charge on any atom is 0.145 e. The zero-order valence-electron chi connectivity index (χ0n) is 24.2. The number of benzene rings is 7. The normalized spacial score (nSPS) is 13.0. The van der Waals surface area contributed by atoms with Crippen molar-refractivity contribution < 1.29 is 4.42 Å². The third-order valence-electron chi connectivity index (χ3n) is 9.08. The first-order valence-corrected chi connectivity index (χ1v) is 15.3. The van der Waals surface area contributed by atoms with E-state index in [4.69, 9.17) is 4.42 Å². The summed E-state index contributed by atoms with van der Waals surface area (Å²) in [5.41, 5.74) is 7.92. The summed E-state index contributed by atoms with van der Waals surface area (Å²) in [4.78, 5) is 2.49. The molecule has 0 unspecified atom stereocenters. The Morgan fingerprint density at radius 2 is 1.34 bits per heavy atom. The third kappa shape index (κ3) is 3.95. The molecule has 2 nitrogen and oxygen atoms in total. The van der Waals surface area contributed by atoms with Gasteiger partial charge in [0.1, 0.15) is 11.2 Å². The lowest BCUT2D eigenvalue weighted by atomic mass is 9.98. The van der Waals surface area contributed by atoms with E-state index in [0.717, 1.165) is 51.5 Å². The maximum atomic E-state index is 6.63. The first kappa shape index (κ1) is 24.9. The minimum absolute atomic E-state index is 0.918. The Bertz CT molecular complexity index is 2500. The molecular formula is C42H29NO. The van der Waals surface area contributed by atoms with Crippen molar-refractivity contribution >= 4 is 66.6 Å². The fourth-order valence-corrected chi connectivity index (χ4v) is 7.01. The molecule has 0 aliphatic heterocycles. The van der Waals surface area contributed by atoms with Crippen LogP contribution in [0, 0.1) is 0 Å². The van der Waals surface area contributed by atoms with Gasteiger partial charge < -0.3 is 9.32 Å². The van der Waals surface area contributed by atoms with Gasteiger partial charge in [0.2, 0.25) is 0 Å². The van der Waals surface area contributed by atoms with Crippen LogP contribution in [0.4, 0.5) is 11.4 Å². The van der Waals surface area contributed by atoms with Crippen molar-refractivity contribution in [1.29, 1.82) is 0 Å². The van der Waals surface area contributed by atoms with Crippen LogP contribution in [0.3, 0.4) is 0 Å². The van der Waals surface area contributed by atoms with E-state index in [1.807, 2.05) is 6.07 Å². The predicted octanol–water partition coefficient (Wildman–Crippen LogP) is 10.1. The SMILES string of the molecule is C1=c2ccccc2=C(N(c2ccc3cc(-c4ccccc4)ccc3c2)c2cccc3ccc4c5ccccc5oc4c23)CC1. The van der Waals surface area contributed by atoms with Crippen molar-refractivity contribution in [3.05, 3.63) is 156 Å². The first-order valence-electron chi connectivity index (χ1n) is 15.3. The number of rotatable bonds is 4. The van der Waals surface area contributed by atoms with Crippen LogP contribution >= 0.6 is 0 Å². The Morgan fingerprint density at radius 3 is 2.30 bits per heavy atom. The number of nitrogens with zero attached hydrogens (tertiary/aromatic N) is 1. The van der Waals surface area contributed by atoms with Crippen molar-refractivity contribution in [2.75, 3.05) is 4.90 Å². The van der Waals surface area contributed by atoms with Gasteiger partial charge >= 0.3 is 0 Å². The monoisotopic (exact) mass is 563 g/mol. The molecule has 0 saturated heterocycles. The van der Waals surface area contributed by atoms with Crippen molar-refractivity contribution in [1.82, 2.24) is 0 Å². The van der Waals surface area contributed by atoms with Crippen LogP contribution in [0.25, 0.3) is 66.4 Å². The number of anilines is 2. The lowest BCUT2D eigenvalue weighted by Crippen LogP contribution is -2.35. The van der Waals surface area contributed by atoms with E-state index in [1.165, 1.54) is 43.4 Å². The predicted molar refractivity (Wildman–Crippen MR) is 186 cm³/mol. The molecule has 0 bridgehead atoms. The van der Waals surface area contributed by atoms with Gasteiger partial charge in [-0.3, -0.25) is 0 Å². The molecule has 1 aliphatic rings. The molecule has 9 rings (SSSR count). The molecule has 1 aromatic heterocycles. The molecule has 0 N–H and O–H groups in total. The van der Waals surface area contributed by atoms with Gasteiger partial charge in [0.15, 0.2) is 0 Å². The van der Waals surface area contributed by atoms with E-state index in [9.17, 15) is 0 Å². The van der Waals surface area contributed by atoms with E-state index in [0.29, 0.717) is 0 Å². The molecule has 208 valence electrons. The van der Waals surface area contributed by atoms with E-state index in [1.54, 1.807) is 0 Å². The summed E-state index contributed by atoms with van der Waals surface area (Å²) in [7, 11) is 0. The van der Waals surface area contributed by atoms with Crippen LogP contribution in [-0.4, -0.2) is 0 Å². The first-order chi connectivity index (χ1) is 21.8. The molecule has 8 aromatic rings. The quantitative estimate of drug-likeness (QED) is 0.212. The Kier molecular flexibility index (Phi) is 5.67. The summed E-state index contributed by atoms with van der Waals surface area (Å²) >= 11 is 0. The van der Waals surface area contributed by atoms with E-state index in [2.05, 4.69) is 151 Å². The molecular weight excluding hydrogens is 534 g/mol. The minimum Gasteiger partial charge on any atom is -0.455 e. The van der Waals surface area contributed by atoms with Gasteiger partial charge in [-0.2, -0.15) is 0 Å². The number of hydrogen-bond donors (Lipinski definition) is 0. The highest BCUT2D eigenvalue weighted by Gasteiger charge is 2.22. The Labute approximate surface area is 255 Å². The number of furan rings is 1. The van der Waals surface area contributed by atoms with Crippen LogP contribution in [0.15, 0.2) is 150 Å². The summed E-state index contributed by atoms with van der Waals surface area (Å²) in [6, 6.07) is 52.5. The summed E-state index contributed by atoms with van der Waals surface area (Å²) in [6.07, 6.45) is 4.32.